The molecule has 2 heterocycles. The molecule has 0 unspecified atom stereocenters. The maximum absolute atomic E-state index is 13.8. The summed E-state index contributed by atoms with van der Waals surface area (Å²) < 4.78 is 5.33. The summed E-state index contributed by atoms with van der Waals surface area (Å²) in [6.07, 6.45) is 0.0553. The Kier molecular flexibility index (Phi) is 9.18. The smallest absolute Gasteiger partial charge is 0.258 e. The molecule has 2 N–H and O–H groups in total. The highest BCUT2D eigenvalue weighted by molar-refractivity contribution is 6.13. The lowest BCUT2D eigenvalue weighted by Crippen LogP contribution is -2.51. The standard InChI is InChI=1S/C36H35N5O5/c1-25-8-2-3-9-28(25)29-10-4-5-11-30(29)35(44)37-27-16-14-26(15-17-27)36(45)40-19-18-34(43)41(32-13-7-6-12-31(32)40)24-33(42)38-39-20-22-46-23-21-39/h2-17H,18-24H2,1H3,(H,37,44)(H,38,42). The molecular weight excluding hydrogens is 582 g/mol. The van der Waals surface area contributed by atoms with Gasteiger partial charge in [-0.25, -0.2) is 5.01 Å². The zero-order chi connectivity index (χ0) is 32.0. The van der Waals surface area contributed by atoms with Crippen LogP contribution in [0.15, 0.2) is 97.1 Å². The first-order valence-electron chi connectivity index (χ1n) is 15.3. The van der Waals surface area contributed by atoms with Crippen LogP contribution in [0.5, 0.6) is 0 Å². The number of morpholine rings is 1. The molecular formula is C36H35N5O5. The van der Waals surface area contributed by atoms with Crippen LogP contribution in [-0.2, 0) is 14.3 Å². The van der Waals surface area contributed by atoms with Gasteiger partial charge in [0.05, 0.1) is 24.6 Å². The summed E-state index contributed by atoms with van der Waals surface area (Å²) in [6, 6.07) is 29.2. The first kappa shape index (κ1) is 30.7. The average Bonchev–Trinajstić information content (AvgIpc) is 3.21. The third-order valence-corrected chi connectivity index (χ3v) is 8.15. The first-order chi connectivity index (χ1) is 22.4. The predicted octanol–water partition coefficient (Wildman–Crippen LogP) is 4.66. The number of nitrogens with zero attached hydrogens (tertiary/aromatic N) is 3. The van der Waals surface area contributed by atoms with Crippen LogP contribution in [0.25, 0.3) is 11.1 Å². The molecule has 234 valence electrons. The van der Waals surface area contributed by atoms with Gasteiger partial charge in [0.2, 0.25) is 5.91 Å². The van der Waals surface area contributed by atoms with E-state index in [9.17, 15) is 19.2 Å². The number of benzene rings is 4. The Balaban J connectivity index is 1.17. The van der Waals surface area contributed by atoms with Crippen molar-refractivity contribution in [2.75, 3.05) is 54.5 Å². The van der Waals surface area contributed by atoms with Crippen LogP contribution >= 0.6 is 0 Å². The minimum absolute atomic E-state index is 0.0553. The number of carbonyl (C=O) groups excluding carboxylic acids is 4. The molecule has 4 aromatic carbocycles. The number of nitrogens with one attached hydrogen (secondary N) is 2. The average molecular weight is 618 g/mol. The van der Waals surface area contributed by atoms with Crippen LogP contribution in [0.1, 0.15) is 32.7 Å². The van der Waals surface area contributed by atoms with E-state index in [2.05, 4.69) is 10.7 Å². The van der Waals surface area contributed by atoms with Crippen LogP contribution in [0.3, 0.4) is 0 Å². The van der Waals surface area contributed by atoms with Gasteiger partial charge >= 0.3 is 0 Å². The van der Waals surface area contributed by atoms with Gasteiger partial charge in [-0.3, -0.25) is 24.6 Å². The lowest BCUT2D eigenvalue weighted by Gasteiger charge is -2.29. The number of para-hydroxylation sites is 2. The molecule has 1 fully saturated rings. The van der Waals surface area contributed by atoms with E-state index in [1.807, 2.05) is 49.4 Å². The SMILES string of the molecule is Cc1ccccc1-c1ccccc1C(=O)Nc1ccc(C(=O)N2CCC(=O)N(CC(=O)NN3CCOCC3)c3ccccc32)cc1. The summed E-state index contributed by atoms with van der Waals surface area (Å²) in [5.41, 5.74) is 8.28. The van der Waals surface area contributed by atoms with Crippen molar-refractivity contribution in [3.63, 3.8) is 0 Å². The van der Waals surface area contributed by atoms with Crippen LogP contribution < -0.4 is 20.5 Å². The van der Waals surface area contributed by atoms with Gasteiger partial charge in [0, 0.05) is 42.9 Å². The van der Waals surface area contributed by atoms with Crippen LogP contribution in [0.4, 0.5) is 17.1 Å². The van der Waals surface area contributed by atoms with Crippen molar-refractivity contribution < 1.29 is 23.9 Å². The number of hydrogen-bond acceptors (Lipinski definition) is 6. The Morgan fingerprint density at radius 1 is 0.761 bits per heavy atom. The second kappa shape index (κ2) is 13.8. The summed E-state index contributed by atoms with van der Waals surface area (Å²) in [4.78, 5) is 56.3. The third kappa shape index (κ3) is 6.68. The molecule has 0 bridgehead atoms. The van der Waals surface area contributed by atoms with Crippen molar-refractivity contribution in [1.29, 1.82) is 0 Å². The van der Waals surface area contributed by atoms with E-state index in [1.54, 1.807) is 64.5 Å². The third-order valence-electron chi connectivity index (χ3n) is 8.15. The van der Waals surface area contributed by atoms with Gasteiger partial charge in [0.25, 0.3) is 17.7 Å². The monoisotopic (exact) mass is 617 g/mol. The molecule has 4 aromatic rings. The van der Waals surface area contributed by atoms with Gasteiger partial charge in [0.15, 0.2) is 0 Å². The van der Waals surface area contributed by atoms with Gasteiger partial charge in [-0.2, -0.15) is 0 Å². The van der Waals surface area contributed by atoms with Crippen molar-refractivity contribution in [3.8, 4) is 11.1 Å². The van der Waals surface area contributed by atoms with Gasteiger partial charge in [-0.15, -0.1) is 0 Å². The first-order valence-corrected chi connectivity index (χ1v) is 15.3. The molecule has 6 rings (SSSR count). The predicted molar refractivity (Wildman–Crippen MR) is 177 cm³/mol. The number of ether oxygens (including phenoxy) is 1. The molecule has 1 saturated heterocycles. The van der Waals surface area contributed by atoms with Gasteiger partial charge in [-0.1, -0.05) is 54.6 Å². The number of anilines is 3. The quantitative estimate of drug-likeness (QED) is 0.312. The van der Waals surface area contributed by atoms with E-state index in [4.69, 9.17) is 4.74 Å². The second-order valence-corrected chi connectivity index (χ2v) is 11.2. The summed E-state index contributed by atoms with van der Waals surface area (Å²) >= 11 is 0. The molecule has 10 nitrogen and oxygen atoms in total. The van der Waals surface area contributed by atoms with E-state index in [1.165, 1.54) is 4.90 Å². The fourth-order valence-corrected chi connectivity index (χ4v) is 5.77. The summed E-state index contributed by atoms with van der Waals surface area (Å²) in [6.45, 7) is 4.19. The number of aryl methyl sites for hydroxylation is 1. The number of fused-ring (bicyclic) bond motifs is 1. The Labute approximate surface area is 267 Å². The molecule has 0 spiro atoms. The lowest BCUT2D eigenvalue weighted by atomic mass is 9.95. The minimum Gasteiger partial charge on any atom is -0.379 e. The number of hydrazine groups is 1. The van der Waals surface area contributed by atoms with Crippen molar-refractivity contribution >= 4 is 40.7 Å². The highest BCUT2D eigenvalue weighted by atomic mass is 16.5. The molecule has 2 aliphatic rings. The topological polar surface area (TPSA) is 111 Å². The van der Waals surface area contributed by atoms with Crippen molar-refractivity contribution in [2.24, 2.45) is 0 Å². The van der Waals surface area contributed by atoms with Gasteiger partial charge in [0.1, 0.15) is 6.54 Å². The maximum Gasteiger partial charge on any atom is 0.258 e. The van der Waals surface area contributed by atoms with E-state index in [0.717, 1.165) is 16.7 Å². The Hall–Kier alpha value is -5.32. The molecule has 4 amide bonds. The van der Waals surface area contributed by atoms with E-state index in [0.29, 0.717) is 54.5 Å². The summed E-state index contributed by atoms with van der Waals surface area (Å²) in [7, 11) is 0. The van der Waals surface area contributed by atoms with Crippen molar-refractivity contribution in [2.45, 2.75) is 13.3 Å². The van der Waals surface area contributed by atoms with E-state index < -0.39 is 0 Å². The largest absolute Gasteiger partial charge is 0.379 e. The second-order valence-electron chi connectivity index (χ2n) is 11.2. The zero-order valence-electron chi connectivity index (χ0n) is 25.6. The van der Waals surface area contributed by atoms with Crippen molar-refractivity contribution in [1.82, 2.24) is 10.4 Å². The van der Waals surface area contributed by atoms with E-state index in [-0.39, 0.29) is 43.1 Å². The molecule has 2 aliphatic heterocycles. The Morgan fingerprint density at radius 3 is 2.15 bits per heavy atom. The summed E-state index contributed by atoms with van der Waals surface area (Å²) in [5, 5.41) is 4.74. The number of carbonyl (C=O) groups is 4. The normalized spacial score (nSPS) is 15.1. The molecule has 0 aromatic heterocycles. The van der Waals surface area contributed by atoms with E-state index >= 15 is 0 Å². The molecule has 10 heteroatoms. The lowest BCUT2D eigenvalue weighted by molar-refractivity contribution is -0.128. The van der Waals surface area contributed by atoms with Crippen LogP contribution in [-0.4, -0.2) is 68.0 Å². The molecule has 0 atom stereocenters. The Bertz CT molecular complexity index is 1770. The highest BCUT2D eigenvalue weighted by Gasteiger charge is 2.31. The zero-order valence-corrected chi connectivity index (χ0v) is 25.6. The molecule has 0 radical (unpaired) electrons. The van der Waals surface area contributed by atoms with Gasteiger partial charge in [-0.05, 0) is 66.1 Å². The number of hydrogen-bond donors (Lipinski definition) is 2. The minimum atomic E-state index is -0.316. The molecule has 46 heavy (non-hydrogen) atoms. The molecule has 0 saturated carbocycles. The van der Waals surface area contributed by atoms with Crippen LogP contribution in [0, 0.1) is 6.92 Å². The number of amides is 4. The molecule has 0 aliphatic carbocycles. The van der Waals surface area contributed by atoms with Crippen LogP contribution in [0.2, 0.25) is 0 Å². The fourth-order valence-electron chi connectivity index (χ4n) is 5.77. The highest BCUT2D eigenvalue weighted by Crippen LogP contribution is 2.34. The maximum atomic E-state index is 13.8. The summed E-state index contributed by atoms with van der Waals surface area (Å²) in [5.74, 6) is -1.11. The Morgan fingerprint density at radius 2 is 1.41 bits per heavy atom. The number of rotatable bonds is 7. The fraction of sp³-hybridized carbons (Fsp3) is 0.222. The van der Waals surface area contributed by atoms with Gasteiger partial charge < -0.3 is 19.9 Å². The van der Waals surface area contributed by atoms with Crippen molar-refractivity contribution in [3.05, 3.63) is 114 Å².